The average molecular weight is 745 g/mol. The number of allylic oxidation sites excluding steroid dienone is 1. The normalized spacial score (nSPS) is 22.5. The number of hydrogen-bond acceptors (Lipinski definition) is 10. The number of carbonyl (C=O) groups is 4. The van der Waals surface area contributed by atoms with Crippen molar-refractivity contribution in [3.8, 4) is 5.75 Å². The molecule has 6 rings (SSSR count). The summed E-state index contributed by atoms with van der Waals surface area (Å²) in [5.41, 5.74) is 1.52. The predicted octanol–water partition coefficient (Wildman–Crippen LogP) is 4.91. The van der Waals surface area contributed by atoms with Gasteiger partial charge in [0.1, 0.15) is 29.7 Å². The standard InChI is InChI=1S/C42H52N2O10/c1-41(2,3)53-37(48)20-19-31(25-45)44-36(47)21-22-43-39(49)28-23-34(38-35(24-28)52-42(54-38,29-15-16-29)30-17-18-30)51-40(50)32-13-6-4-9-26(32)11-8-12-27-10-5-7-14-33(27)46/h4-11,13-14,24,29-31,34-35,38,45-46H,12,15-23,25H2,1-3H3,(H,43,49)(H,44,47)/t31-,34+,35+,38-/m0/s1. The summed E-state index contributed by atoms with van der Waals surface area (Å²) in [4.78, 5) is 52.1. The molecule has 0 spiro atoms. The highest BCUT2D eigenvalue weighted by molar-refractivity contribution is 5.95. The van der Waals surface area contributed by atoms with Crippen LogP contribution in [-0.2, 0) is 39.8 Å². The molecular weight excluding hydrogens is 692 g/mol. The average Bonchev–Trinajstić information content (AvgIpc) is 4.08. The smallest absolute Gasteiger partial charge is 0.339 e. The summed E-state index contributed by atoms with van der Waals surface area (Å²) in [5, 5.41) is 25.4. The Hall–Kier alpha value is -4.52. The number of phenolic OH excluding ortho intramolecular Hbond substituents is 1. The maximum Gasteiger partial charge on any atom is 0.339 e. The quantitative estimate of drug-likeness (QED) is 0.173. The fraction of sp³-hybridized carbons (Fsp3) is 0.524. The predicted molar refractivity (Wildman–Crippen MR) is 199 cm³/mol. The molecule has 12 nitrogen and oxygen atoms in total. The fourth-order valence-corrected chi connectivity index (χ4v) is 7.19. The second-order valence-corrected chi connectivity index (χ2v) is 15.7. The lowest BCUT2D eigenvalue weighted by Crippen LogP contribution is -2.44. The van der Waals surface area contributed by atoms with E-state index in [4.69, 9.17) is 18.9 Å². The molecule has 1 saturated heterocycles. The fourth-order valence-electron chi connectivity index (χ4n) is 7.19. The molecule has 4 aliphatic rings. The Kier molecular flexibility index (Phi) is 12.2. The van der Waals surface area contributed by atoms with E-state index in [1.807, 2.05) is 36.4 Å². The van der Waals surface area contributed by atoms with Gasteiger partial charge < -0.3 is 39.8 Å². The van der Waals surface area contributed by atoms with Crippen LogP contribution in [0.2, 0.25) is 0 Å². The van der Waals surface area contributed by atoms with Gasteiger partial charge in [-0.1, -0.05) is 48.6 Å². The Bertz CT molecular complexity index is 1740. The Morgan fingerprint density at radius 1 is 0.981 bits per heavy atom. The van der Waals surface area contributed by atoms with Gasteiger partial charge in [-0.05, 0) is 88.6 Å². The molecule has 290 valence electrons. The summed E-state index contributed by atoms with van der Waals surface area (Å²) in [6, 6.07) is 13.6. The van der Waals surface area contributed by atoms with Crippen LogP contribution in [0.4, 0.5) is 0 Å². The van der Waals surface area contributed by atoms with Gasteiger partial charge in [0, 0.05) is 43.2 Å². The Balaban J connectivity index is 1.09. The minimum Gasteiger partial charge on any atom is -0.508 e. The summed E-state index contributed by atoms with van der Waals surface area (Å²) < 4.78 is 24.9. The van der Waals surface area contributed by atoms with Crippen LogP contribution >= 0.6 is 0 Å². The molecule has 54 heavy (non-hydrogen) atoms. The molecular formula is C42H52N2O10. The first kappa shape index (κ1) is 39.2. The first-order valence-electron chi connectivity index (χ1n) is 19.0. The lowest BCUT2D eigenvalue weighted by molar-refractivity contribution is -0.209. The van der Waals surface area contributed by atoms with Crippen LogP contribution in [0.1, 0.15) is 93.6 Å². The van der Waals surface area contributed by atoms with Crippen LogP contribution < -0.4 is 10.6 Å². The van der Waals surface area contributed by atoms with Crippen LogP contribution in [-0.4, -0.2) is 82.9 Å². The second kappa shape index (κ2) is 16.9. The Labute approximate surface area is 316 Å². The number of fused-ring (bicyclic) bond motifs is 1. The summed E-state index contributed by atoms with van der Waals surface area (Å²) in [6.45, 7) is 4.98. The molecule has 2 aromatic rings. The summed E-state index contributed by atoms with van der Waals surface area (Å²) in [5.74, 6) is -1.79. The van der Waals surface area contributed by atoms with Gasteiger partial charge in [-0.3, -0.25) is 14.4 Å². The Morgan fingerprint density at radius 2 is 1.69 bits per heavy atom. The van der Waals surface area contributed by atoms with E-state index >= 15 is 0 Å². The number of aromatic hydroxyl groups is 1. The third-order valence-corrected chi connectivity index (χ3v) is 10.1. The van der Waals surface area contributed by atoms with E-state index in [2.05, 4.69) is 10.6 Å². The van der Waals surface area contributed by atoms with E-state index in [0.717, 1.165) is 31.2 Å². The number of rotatable bonds is 16. The molecule has 0 unspecified atom stereocenters. The van der Waals surface area contributed by atoms with Crippen LogP contribution in [0, 0.1) is 11.8 Å². The summed E-state index contributed by atoms with van der Waals surface area (Å²) in [7, 11) is 0. The van der Waals surface area contributed by atoms with Gasteiger partial charge in [0.25, 0.3) is 0 Å². The van der Waals surface area contributed by atoms with Crippen molar-refractivity contribution in [1.82, 2.24) is 10.6 Å². The summed E-state index contributed by atoms with van der Waals surface area (Å²) in [6.07, 6.45) is 8.26. The van der Waals surface area contributed by atoms with E-state index < -0.39 is 53.6 Å². The van der Waals surface area contributed by atoms with E-state index in [1.54, 1.807) is 51.1 Å². The molecule has 4 atom stereocenters. The minimum atomic E-state index is -0.801. The number of aliphatic hydroxyl groups is 1. The van der Waals surface area contributed by atoms with Crippen molar-refractivity contribution in [2.24, 2.45) is 11.8 Å². The molecule has 0 bridgehead atoms. The topological polar surface area (TPSA) is 170 Å². The van der Waals surface area contributed by atoms with Gasteiger partial charge in [-0.15, -0.1) is 0 Å². The molecule has 0 radical (unpaired) electrons. The van der Waals surface area contributed by atoms with Crippen molar-refractivity contribution in [3.63, 3.8) is 0 Å². The zero-order chi connectivity index (χ0) is 38.5. The van der Waals surface area contributed by atoms with E-state index in [9.17, 15) is 29.4 Å². The van der Waals surface area contributed by atoms with Crippen molar-refractivity contribution in [2.75, 3.05) is 13.2 Å². The number of benzene rings is 2. The zero-order valence-electron chi connectivity index (χ0n) is 31.3. The van der Waals surface area contributed by atoms with Crippen LogP contribution in [0.5, 0.6) is 5.75 Å². The number of aliphatic hydroxyl groups excluding tert-OH is 1. The highest BCUT2D eigenvalue weighted by Crippen LogP contribution is 2.59. The van der Waals surface area contributed by atoms with Crippen molar-refractivity contribution >= 4 is 29.8 Å². The van der Waals surface area contributed by atoms with Gasteiger partial charge >= 0.3 is 11.9 Å². The highest BCUT2D eigenvalue weighted by Gasteiger charge is 2.64. The molecule has 3 aliphatic carbocycles. The van der Waals surface area contributed by atoms with Gasteiger partial charge in [0.2, 0.25) is 11.8 Å². The first-order chi connectivity index (χ1) is 25.8. The largest absolute Gasteiger partial charge is 0.508 e. The lowest BCUT2D eigenvalue weighted by Gasteiger charge is -2.31. The molecule has 0 aromatic heterocycles. The van der Waals surface area contributed by atoms with E-state index in [-0.39, 0.29) is 62.3 Å². The van der Waals surface area contributed by atoms with Crippen molar-refractivity contribution < 1.29 is 48.3 Å². The molecule has 2 amide bonds. The van der Waals surface area contributed by atoms with Crippen molar-refractivity contribution in [1.29, 1.82) is 0 Å². The lowest BCUT2D eigenvalue weighted by atomic mass is 9.91. The van der Waals surface area contributed by atoms with Crippen molar-refractivity contribution in [2.45, 2.75) is 114 Å². The number of nitrogens with one attached hydrogen (secondary N) is 2. The maximum absolute atomic E-state index is 13.8. The van der Waals surface area contributed by atoms with Gasteiger partial charge in [0.05, 0.1) is 18.2 Å². The van der Waals surface area contributed by atoms with Gasteiger partial charge in [-0.25, -0.2) is 4.79 Å². The highest BCUT2D eigenvalue weighted by atomic mass is 16.8. The number of hydrogen-bond donors (Lipinski definition) is 4. The minimum absolute atomic E-state index is 0.0245. The molecule has 1 heterocycles. The number of carbonyl (C=O) groups excluding carboxylic acids is 4. The van der Waals surface area contributed by atoms with Gasteiger partial charge in [-0.2, -0.15) is 0 Å². The molecule has 4 N–H and O–H groups in total. The first-order valence-corrected chi connectivity index (χ1v) is 19.0. The zero-order valence-corrected chi connectivity index (χ0v) is 31.3. The van der Waals surface area contributed by atoms with Crippen LogP contribution in [0.3, 0.4) is 0 Å². The molecule has 2 saturated carbocycles. The monoisotopic (exact) mass is 744 g/mol. The molecule has 2 aromatic carbocycles. The number of amides is 2. The number of esters is 2. The van der Waals surface area contributed by atoms with Crippen LogP contribution in [0.25, 0.3) is 6.08 Å². The molecule has 3 fully saturated rings. The number of para-hydroxylation sites is 1. The molecule has 12 heteroatoms. The number of phenols is 1. The van der Waals surface area contributed by atoms with E-state index in [0.29, 0.717) is 23.1 Å². The third-order valence-electron chi connectivity index (χ3n) is 10.1. The van der Waals surface area contributed by atoms with Crippen LogP contribution in [0.15, 0.2) is 66.3 Å². The van der Waals surface area contributed by atoms with Crippen molar-refractivity contribution in [3.05, 3.63) is 82.9 Å². The maximum atomic E-state index is 13.8. The SMILES string of the molecule is CC(C)(C)OC(=O)CC[C@@H](CO)NC(=O)CCNC(=O)C1=C[C@H]2OC(C3CC3)(C3CC3)O[C@H]2[C@H](OC(=O)c2ccccc2C=CCc2ccccc2O)C1. The third kappa shape index (κ3) is 9.96. The van der Waals surface area contributed by atoms with Gasteiger partial charge in [0.15, 0.2) is 5.79 Å². The number of ether oxygens (including phenoxy) is 4. The second-order valence-electron chi connectivity index (χ2n) is 15.7. The van der Waals surface area contributed by atoms with E-state index in [1.165, 1.54) is 0 Å². The summed E-state index contributed by atoms with van der Waals surface area (Å²) >= 11 is 0. The molecule has 1 aliphatic heterocycles. The Morgan fingerprint density at radius 3 is 2.37 bits per heavy atom.